The number of hydrogen-bond donors (Lipinski definition) is 1. The minimum absolute atomic E-state index is 0.104. The first-order valence-electron chi connectivity index (χ1n) is 10.2. The van der Waals surface area contributed by atoms with Crippen LogP contribution >= 0.6 is 0 Å². The normalized spacial score (nSPS) is 15.1. The Bertz CT molecular complexity index is 927. The maximum atomic E-state index is 13.4. The van der Waals surface area contributed by atoms with Gasteiger partial charge in [0, 0.05) is 37.1 Å². The Balaban J connectivity index is 1.48. The summed E-state index contributed by atoms with van der Waals surface area (Å²) in [5.74, 6) is 1.84. The smallest absolute Gasteiger partial charge is 0.258 e. The van der Waals surface area contributed by atoms with Crippen LogP contribution in [0, 0.1) is 0 Å². The van der Waals surface area contributed by atoms with Crippen molar-refractivity contribution < 1.29 is 9.21 Å². The van der Waals surface area contributed by atoms with Crippen molar-refractivity contribution in [2.45, 2.75) is 45.1 Å². The van der Waals surface area contributed by atoms with Crippen LogP contribution in [-0.2, 0) is 6.42 Å². The lowest BCUT2D eigenvalue weighted by Crippen LogP contribution is -2.42. The number of amides is 1. The van der Waals surface area contributed by atoms with E-state index in [4.69, 9.17) is 4.42 Å². The van der Waals surface area contributed by atoms with Gasteiger partial charge in [-0.05, 0) is 37.5 Å². The van der Waals surface area contributed by atoms with Crippen molar-refractivity contribution in [2.75, 3.05) is 18.4 Å². The summed E-state index contributed by atoms with van der Waals surface area (Å²) in [6.07, 6.45) is 6.54. The van der Waals surface area contributed by atoms with Crippen molar-refractivity contribution in [3.8, 4) is 0 Å². The average Bonchev–Trinajstić information content (AvgIpc) is 3.11. The van der Waals surface area contributed by atoms with Gasteiger partial charge in [0.2, 0.25) is 0 Å². The number of fused-ring (bicyclic) bond motifs is 1. The number of likely N-dealkylation sites (tertiary alicyclic amines) is 1. The van der Waals surface area contributed by atoms with Crippen LogP contribution in [0.15, 0.2) is 53.1 Å². The molecule has 1 amide bonds. The van der Waals surface area contributed by atoms with Gasteiger partial charge >= 0.3 is 0 Å². The molecule has 146 valence electrons. The van der Waals surface area contributed by atoms with Gasteiger partial charge in [-0.2, -0.15) is 0 Å². The van der Waals surface area contributed by atoms with Gasteiger partial charge in [0.1, 0.15) is 17.2 Å². The van der Waals surface area contributed by atoms with Crippen LogP contribution in [0.5, 0.6) is 0 Å². The van der Waals surface area contributed by atoms with E-state index < -0.39 is 0 Å². The summed E-state index contributed by atoms with van der Waals surface area (Å²) in [6.45, 7) is 3.65. The molecule has 1 N–H and O–H groups in total. The number of nitrogens with zero attached hydrogens (tertiary/aromatic N) is 2. The maximum absolute atomic E-state index is 13.4. The Kier molecular flexibility index (Phi) is 5.60. The van der Waals surface area contributed by atoms with E-state index in [0.717, 1.165) is 73.3 Å². The standard InChI is InChI=1S/C23H27N3O2/c1-2-3-9-20-22(18-8-4-5-10-19(18)28-20)23(27)26-15-12-17(13-16-26)25-21-11-6-7-14-24-21/h4-8,10-11,14,17H,2-3,9,12-13,15-16H2,1H3,(H,24,25). The Labute approximate surface area is 165 Å². The van der Waals surface area contributed by atoms with Gasteiger partial charge < -0.3 is 14.6 Å². The molecule has 1 fully saturated rings. The van der Waals surface area contributed by atoms with Crippen LogP contribution in [0.1, 0.15) is 48.7 Å². The monoisotopic (exact) mass is 377 g/mol. The molecule has 1 aliphatic rings. The minimum Gasteiger partial charge on any atom is -0.460 e. The van der Waals surface area contributed by atoms with Crippen LogP contribution in [0.4, 0.5) is 5.82 Å². The molecule has 2 aromatic heterocycles. The Morgan fingerprint density at radius 3 is 2.71 bits per heavy atom. The molecule has 3 aromatic rings. The molecule has 1 aromatic carbocycles. The first-order chi connectivity index (χ1) is 13.8. The third-order valence-corrected chi connectivity index (χ3v) is 5.44. The molecule has 1 aliphatic heterocycles. The Hall–Kier alpha value is -2.82. The van der Waals surface area contributed by atoms with Crippen molar-refractivity contribution in [3.05, 3.63) is 60.0 Å². The first-order valence-corrected chi connectivity index (χ1v) is 10.2. The number of furan rings is 1. The van der Waals surface area contributed by atoms with Gasteiger partial charge in [-0.25, -0.2) is 4.98 Å². The molecular weight excluding hydrogens is 350 g/mol. The summed E-state index contributed by atoms with van der Waals surface area (Å²) in [7, 11) is 0. The molecule has 0 saturated carbocycles. The number of benzene rings is 1. The highest BCUT2D eigenvalue weighted by atomic mass is 16.3. The van der Waals surface area contributed by atoms with Crippen molar-refractivity contribution in [1.29, 1.82) is 0 Å². The highest BCUT2D eigenvalue weighted by Gasteiger charge is 2.28. The predicted octanol–water partition coefficient (Wildman–Crippen LogP) is 4.89. The van der Waals surface area contributed by atoms with Gasteiger partial charge in [0.25, 0.3) is 5.91 Å². The summed E-state index contributed by atoms with van der Waals surface area (Å²) in [6, 6.07) is 14.1. The predicted molar refractivity (Wildman–Crippen MR) is 112 cm³/mol. The fraction of sp³-hybridized carbons (Fsp3) is 0.391. The SMILES string of the molecule is CCCCc1oc2ccccc2c1C(=O)N1CCC(Nc2ccccn2)CC1. The van der Waals surface area contributed by atoms with Crippen LogP contribution in [-0.4, -0.2) is 34.9 Å². The molecule has 4 rings (SSSR count). The fourth-order valence-electron chi connectivity index (χ4n) is 3.89. The second kappa shape index (κ2) is 8.46. The van der Waals surface area contributed by atoms with E-state index >= 15 is 0 Å². The van der Waals surface area contributed by atoms with Gasteiger partial charge in [-0.1, -0.05) is 37.6 Å². The molecule has 0 bridgehead atoms. The Morgan fingerprint density at radius 1 is 1.18 bits per heavy atom. The molecule has 28 heavy (non-hydrogen) atoms. The second-order valence-electron chi connectivity index (χ2n) is 7.43. The molecule has 0 unspecified atom stereocenters. The molecule has 0 spiro atoms. The van der Waals surface area contributed by atoms with Gasteiger partial charge in [0.05, 0.1) is 5.56 Å². The number of unbranched alkanes of at least 4 members (excludes halogenated alkanes) is 1. The molecule has 0 radical (unpaired) electrons. The van der Waals surface area contributed by atoms with E-state index in [1.54, 1.807) is 6.20 Å². The first kappa shape index (κ1) is 18.5. The molecule has 5 nitrogen and oxygen atoms in total. The summed E-state index contributed by atoms with van der Waals surface area (Å²) in [5, 5.41) is 4.41. The third kappa shape index (κ3) is 3.88. The zero-order valence-corrected chi connectivity index (χ0v) is 16.4. The fourth-order valence-corrected chi connectivity index (χ4v) is 3.89. The molecular formula is C23H27N3O2. The van der Waals surface area contributed by atoms with E-state index in [2.05, 4.69) is 17.2 Å². The molecule has 5 heteroatoms. The third-order valence-electron chi connectivity index (χ3n) is 5.44. The summed E-state index contributed by atoms with van der Waals surface area (Å²) in [5.41, 5.74) is 1.57. The number of piperidine rings is 1. The van der Waals surface area contributed by atoms with Crippen molar-refractivity contribution in [3.63, 3.8) is 0 Å². The van der Waals surface area contributed by atoms with E-state index in [-0.39, 0.29) is 5.91 Å². The highest BCUT2D eigenvalue weighted by molar-refractivity contribution is 6.07. The molecule has 0 atom stereocenters. The topological polar surface area (TPSA) is 58.4 Å². The molecule has 1 saturated heterocycles. The zero-order valence-electron chi connectivity index (χ0n) is 16.4. The van der Waals surface area contributed by atoms with E-state index in [1.807, 2.05) is 47.4 Å². The lowest BCUT2D eigenvalue weighted by molar-refractivity contribution is 0.0718. The summed E-state index contributed by atoms with van der Waals surface area (Å²) >= 11 is 0. The number of aromatic nitrogens is 1. The van der Waals surface area contributed by atoms with Crippen LogP contribution in [0.3, 0.4) is 0 Å². The lowest BCUT2D eigenvalue weighted by Gasteiger charge is -2.32. The van der Waals surface area contributed by atoms with Crippen molar-refractivity contribution in [2.24, 2.45) is 0 Å². The summed E-state index contributed by atoms with van der Waals surface area (Å²) < 4.78 is 6.05. The largest absolute Gasteiger partial charge is 0.460 e. The minimum atomic E-state index is 0.104. The van der Waals surface area contributed by atoms with E-state index in [9.17, 15) is 4.79 Å². The van der Waals surface area contributed by atoms with Crippen LogP contribution in [0.25, 0.3) is 11.0 Å². The number of carbonyl (C=O) groups is 1. The highest BCUT2D eigenvalue weighted by Crippen LogP contribution is 2.29. The van der Waals surface area contributed by atoms with Crippen molar-refractivity contribution >= 4 is 22.7 Å². The maximum Gasteiger partial charge on any atom is 0.258 e. The van der Waals surface area contributed by atoms with Crippen molar-refractivity contribution in [1.82, 2.24) is 9.88 Å². The van der Waals surface area contributed by atoms with E-state index in [0.29, 0.717) is 6.04 Å². The molecule has 3 heterocycles. The molecule has 0 aliphatic carbocycles. The van der Waals surface area contributed by atoms with E-state index in [1.165, 1.54) is 0 Å². The second-order valence-corrected chi connectivity index (χ2v) is 7.43. The van der Waals surface area contributed by atoms with Crippen LogP contribution < -0.4 is 5.32 Å². The quantitative estimate of drug-likeness (QED) is 0.665. The number of aryl methyl sites for hydroxylation is 1. The average molecular weight is 377 g/mol. The number of pyridine rings is 1. The number of carbonyl (C=O) groups excluding carboxylic acids is 1. The van der Waals surface area contributed by atoms with Gasteiger partial charge in [0.15, 0.2) is 0 Å². The van der Waals surface area contributed by atoms with Gasteiger partial charge in [-0.3, -0.25) is 4.79 Å². The lowest BCUT2D eigenvalue weighted by atomic mass is 10.0. The number of para-hydroxylation sites is 1. The van der Waals surface area contributed by atoms with Crippen LogP contribution in [0.2, 0.25) is 0 Å². The number of nitrogens with one attached hydrogen (secondary N) is 1. The Morgan fingerprint density at radius 2 is 1.96 bits per heavy atom. The van der Waals surface area contributed by atoms with Gasteiger partial charge in [-0.15, -0.1) is 0 Å². The number of anilines is 1. The number of rotatable bonds is 6. The number of hydrogen-bond acceptors (Lipinski definition) is 4. The summed E-state index contributed by atoms with van der Waals surface area (Å²) in [4.78, 5) is 19.7. The zero-order chi connectivity index (χ0) is 19.3.